The van der Waals surface area contributed by atoms with Crippen molar-refractivity contribution in [3.05, 3.63) is 76.0 Å². The van der Waals surface area contributed by atoms with Crippen molar-refractivity contribution >= 4 is 39.8 Å². The molecule has 3 heterocycles. The van der Waals surface area contributed by atoms with Gasteiger partial charge in [-0.15, -0.1) is 5.10 Å². The minimum Gasteiger partial charge on any atom is -0.378 e. The maximum atomic E-state index is 15.1. The second-order valence-corrected chi connectivity index (χ2v) is 8.51. The zero-order valence-corrected chi connectivity index (χ0v) is 19.3. The summed E-state index contributed by atoms with van der Waals surface area (Å²) in [6, 6.07) is 13.8. The zero-order valence-electron chi connectivity index (χ0n) is 17.8. The highest BCUT2D eigenvalue weighted by atomic mass is 35.5. The second kappa shape index (κ2) is 9.47. The summed E-state index contributed by atoms with van der Waals surface area (Å²) < 4.78 is 20.6. The van der Waals surface area contributed by atoms with Crippen molar-refractivity contribution in [3.8, 4) is 17.3 Å². The van der Waals surface area contributed by atoms with Gasteiger partial charge in [-0.05, 0) is 48.0 Å². The predicted octanol–water partition coefficient (Wildman–Crippen LogP) is 5.02. The molecule has 0 saturated carbocycles. The first-order valence-electron chi connectivity index (χ1n) is 10.5. The fourth-order valence-electron chi connectivity index (χ4n) is 4.02. The minimum atomic E-state index is -0.863. The third kappa shape index (κ3) is 4.26. The molecule has 10 heteroatoms. The van der Waals surface area contributed by atoms with Gasteiger partial charge in [0.2, 0.25) is 0 Å². The van der Waals surface area contributed by atoms with Crippen LogP contribution >= 0.6 is 23.2 Å². The number of nitriles is 1. The van der Waals surface area contributed by atoms with Gasteiger partial charge in [0.25, 0.3) is 0 Å². The Morgan fingerprint density at radius 3 is 2.59 bits per heavy atom. The topological polar surface area (TPSA) is 87.8 Å². The molecule has 0 amide bonds. The number of hydrogen-bond acceptors (Lipinski definition) is 7. The van der Waals surface area contributed by atoms with Gasteiger partial charge in [0, 0.05) is 34.7 Å². The van der Waals surface area contributed by atoms with E-state index in [2.05, 4.69) is 31.1 Å². The van der Waals surface area contributed by atoms with Crippen LogP contribution in [0.4, 0.5) is 10.1 Å². The number of rotatable bonds is 4. The third-order valence-corrected chi connectivity index (χ3v) is 6.26. The Kier molecular flexibility index (Phi) is 6.24. The Balaban J connectivity index is 1.60. The molecular formula is C24H17Cl2FN6O. The molecule has 1 atom stereocenters. The molecule has 0 spiro atoms. The Morgan fingerprint density at radius 2 is 1.85 bits per heavy atom. The highest BCUT2D eigenvalue weighted by Crippen LogP contribution is 2.36. The molecule has 0 aliphatic carbocycles. The summed E-state index contributed by atoms with van der Waals surface area (Å²) in [5.74, 6) is -1.41. The third-order valence-electron chi connectivity index (χ3n) is 5.73. The van der Waals surface area contributed by atoms with E-state index < -0.39 is 11.7 Å². The van der Waals surface area contributed by atoms with Crippen molar-refractivity contribution in [1.82, 2.24) is 20.2 Å². The largest absolute Gasteiger partial charge is 0.378 e. The van der Waals surface area contributed by atoms with Gasteiger partial charge in [-0.25, -0.2) is 14.4 Å². The molecule has 4 aromatic rings. The SMILES string of the molecule is N#CC(c1ccc(Cl)nn1)c1cc(-c2ncnc3cc(N4CCOCC4)ccc23)c(F)cc1Cl. The molecule has 170 valence electrons. The molecule has 1 unspecified atom stereocenters. The van der Waals surface area contributed by atoms with Gasteiger partial charge in [-0.3, -0.25) is 0 Å². The van der Waals surface area contributed by atoms with Crippen molar-refractivity contribution in [1.29, 1.82) is 5.26 Å². The molecule has 1 aliphatic rings. The summed E-state index contributed by atoms with van der Waals surface area (Å²) in [5.41, 5.74) is 3.08. The lowest BCUT2D eigenvalue weighted by Crippen LogP contribution is -2.36. The number of nitrogens with zero attached hydrogens (tertiary/aromatic N) is 6. The highest BCUT2D eigenvalue weighted by Gasteiger charge is 2.23. The van der Waals surface area contributed by atoms with E-state index in [9.17, 15) is 5.26 Å². The molecule has 1 aliphatic heterocycles. The Bertz CT molecular complexity index is 1400. The van der Waals surface area contributed by atoms with Crippen molar-refractivity contribution in [2.75, 3.05) is 31.2 Å². The number of hydrogen-bond donors (Lipinski definition) is 0. The van der Waals surface area contributed by atoms with Gasteiger partial charge < -0.3 is 9.64 Å². The number of morpholine rings is 1. The van der Waals surface area contributed by atoms with Crippen LogP contribution in [0.15, 0.2) is 48.8 Å². The van der Waals surface area contributed by atoms with Crippen LogP contribution in [0.1, 0.15) is 17.2 Å². The number of anilines is 1. The first-order valence-corrected chi connectivity index (χ1v) is 11.3. The summed E-state index contributed by atoms with van der Waals surface area (Å²) in [4.78, 5) is 11.0. The Hall–Kier alpha value is -3.38. The lowest BCUT2D eigenvalue weighted by Gasteiger charge is -2.29. The van der Waals surface area contributed by atoms with Crippen molar-refractivity contribution in [2.45, 2.75) is 5.92 Å². The average molecular weight is 495 g/mol. The van der Waals surface area contributed by atoms with Gasteiger partial charge in [0.1, 0.15) is 18.1 Å². The van der Waals surface area contributed by atoms with Crippen LogP contribution in [0.2, 0.25) is 10.2 Å². The van der Waals surface area contributed by atoms with Gasteiger partial charge in [0.15, 0.2) is 5.15 Å². The first kappa shape index (κ1) is 22.4. The van der Waals surface area contributed by atoms with E-state index in [1.165, 1.54) is 18.5 Å². The maximum Gasteiger partial charge on any atom is 0.151 e. The van der Waals surface area contributed by atoms with Crippen LogP contribution in [-0.4, -0.2) is 46.5 Å². The molecule has 1 fully saturated rings. The first-order chi connectivity index (χ1) is 16.5. The fourth-order valence-corrected chi connectivity index (χ4v) is 4.38. The molecule has 1 saturated heterocycles. The van der Waals surface area contributed by atoms with Crippen LogP contribution < -0.4 is 4.90 Å². The molecule has 0 N–H and O–H groups in total. The quantitative estimate of drug-likeness (QED) is 0.393. The van der Waals surface area contributed by atoms with E-state index >= 15 is 4.39 Å². The number of fused-ring (bicyclic) bond motifs is 1. The number of ether oxygens (including phenoxy) is 1. The van der Waals surface area contributed by atoms with Gasteiger partial charge >= 0.3 is 0 Å². The smallest absolute Gasteiger partial charge is 0.151 e. The summed E-state index contributed by atoms with van der Waals surface area (Å²) in [5, 5.41) is 18.6. The van der Waals surface area contributed by atoms with E-state index in [1.807, 2.05) is 18.2 Å². The molecule has 34 heavy (non-hydrogen) atoms. The van der Waals surface area contributed by atoms with Gasteiger partial charge in [0.05, 0.1) is 36.2 Å². The summed E-state index contributed by atoms with van der Waals surface area (Å²) in [7, 11) is 0. The van der Waals surface area contributed by atoms with Crippen LogP contribution in [-0.2, 0) is 4.74 Å². The van der Waals surface area contributed by atoms with Gasteiger partial charge in [-0.1, -0.05) is 23.2 Å². The molecule has 5 rings (SSSR count). The lowest BCUT2D eigenvalue weighted by atomic mass is 9.93. The summed E-state index contributed by atoms with van der Waals surface area (Å²) >= 11 is 12.2. The van der Waals surface area contributed by atoms with Gasteiger partial charge in [-0.2, -0.15) is 10.4 Å². The fraction of sp³-hybridized carbons (Fsp3) is 0.208. The predicted molar refractivity (Wildman–Crippen MR) is 127 cm³/mol. The minimum absolute atomic E-state index is 0.109. The maximum absolute atomic E-state index is 15.1. The summed E-state index contributed by atoms with van der Waals surface area (Å²) in [6.07, 6.45) is 1.40. The standard InChI is InChI=1S/C24H17Cl2FN6O/c25-19-11-20(27)17(10-16(19)18(12-28)21-3-4-23(26)32-31-21)24-15-2-1-14(9-22(15)29-13-30-24)33-5-7-34-8-6-33/h1-4,9-11,13,18H,5-8H2. The number of aromatic nitrogens is 4. The van der Waals surface area contributed by atoms with Crippen LogP contribution in [0, 0.1) is 17.1 Å². The van der Waals surface area contributed by atoms with E-state index in [1.54, 1.807) is 12.1 Å². The number of halogens is 3. The Labute approximate surface area is 204 Å². The van der Waals surface area contributed by atoms with E-state index in [0.29, 0.717) is 41.1 Å². The molecule has 7 nitrogen and oxygen atoms in total. The van der Waals surface area contributed by atoms with E-state index in [4.69, 9.17) is 27.9 Å². The van der Waals surface area contributed by atoms with Crippen molar-refractivity contribution in [2.24, 2.45) is 0 Å². The van der Waals surface area contributed by atoms with Crippen molar-refractivity contribution in [3.63, 3.8) is 0 Å². The van der Waals surface area contributed by atoms with Crippen LogP contribution in [0.25, 0.3) is 22.2 Å². The molecule has 2 aromatic heterocycles. The normalized spacial score (nSPS) is 14.7. The second-order valence-electron chi connectivity index (χ2n) is 7.72. The molecular weight excluding hydrogens is 478 g/mol. The number of benzene rings is 2. The average Bonchev–Trinajstić information content (AvgIpc) is 2.86. The lowest BCUT2D eigenvalue weighted by molar-refractivity contribution is 0.122. The zero-order chi connectivity index (χ0) is 23.7. The molecule has 2 aromatic carbocycles. The monoisotopic (exact) mass is 494 g/mol. The highest BCUT2D eigenvalue weighted by molar-refractivity contribution is 6.31. The van der Waals surface area contributed by atoms with Crippen LogP contribution in [0.3, 0.4) is 0 Å². The molecule has 0 bridgehead atoms. The van der Waals surface area contributed by atoms with E-state index in [-0.39, 0.29) is 15.7 Å². The van der Waals surface area contributed by atoms with Crippen molar-refractivity contribution < 1.29 is 9.13 Å². The van der Waals surface area contributed by atoms with E-state index in [0.717, 1.165) is 18.8 Å². The molecule has 0 radical (unpaired) electrons. The van der Waals surface area contributed by atoms with Crippen LogP contribution in [0.5, 0.6) is 0 Å². The summed E-state index contributed by atoms with van der Waals surface area (Å²) in [6.45, 7) is 2.93. The Morgan fingerprint density at radius 1 is 1.03 bits per heavy atom.